The van der Waals surface area contributed by atoms with Crippen LogP contribution in [0.2, 0.25) is 0 Å². The maximum absolute atomic E-state index is 16.2. The molecule has 2 aromatic carbocycles. The van der Waals surface area contributed by atoms with Crippen molar-refractivity contribution in [3.63, 3.8) is 0 Å². The topological polar surface area (TPSA) is 89.8 Å². The molecule has 10 nitrogen and oxygen atoms in total. The van der Waals surface area contributed by atoms with Crippen LogP contribution in [0.25, 0.3) is 11.0 Å². The molecule has 2 aliphatic rings. The molecule has 1 N–H and O–H groups in total. The van der Waals surface area contributed by atoms with Gasteiger partial charge >= 0.3 is 0 Å². The molecule has 0 saturated carbocycles. The van der Waals surface area contributed by atoms with Crippen LogP contribution in [-0.4, -0.2) is 71.7 Å². The quantitative estimate of drug-likeness (QED) is 0.339. The molecule has 2 aliphatic heterocycles. The zero-order chi connectivity index (χ0) is 31.3. The van der Waals surface area contributed by atoms with Crippen LogP contribution in [-0.2, 0) is 11.8 Å². The summed E-state index contributed by atoms with van der Waals surface area (Å²) >= 11 is 0. The highest BCUT2D eigenvalue weighted by atomic mass is 19.1. The maximum atomic E-state index is 16.2. The van der Waals surface area contributed by atoms with Crippen molar-refractivity contribution in [2.45, 2.75) is 6.92 Å². The molecular weight excluding hydrogens is 573 g/mol. The Morgan fingerprint density at radius 3 is 2.34 bits per heavy atom. The highest BCUT2D eigenvalue weighted by Crippen LogP contribution is 2.43. The lowest BCUT2D eigenvalue weighted by atomic mass is 10.0. The van der Waals surface area contributed by atoms with Crippen molar-refractivity contribution in [1.82, 2.24) is 19.4 Å². The van der Waals surface area contributed by atoms with Gasteiger partial charge < -0.3 is 24.9 Å². The average Bonchev–Trinajstić information content (AvgIpc) is 3.02. The van der Waals surface area contributed by atoms with E-state index in [4.69, 9.17) is 0 Å². The molecule has 44 heavy (non-hydrogen) atoms. The Kier molecular flexibility index (Phi) is 7.49. The highest BCUT2D eigenvalue weighted by Gasteiger charge is 2.35. The lowest BCUT2D eigenvalue weighted by molar-refractivity contribution is -0.114. The molecule has 0 radical (unpaired) electrons. The first-order chi connectivity index (χ1) is 21.1. The number of nitrogens with one attached hydrogen (secondary N) is 1. The lowest BCUT2D eigenvalue weighted by Crippen LogP contribution is -2.45. The molecule has 0 atom stereocenters. The first kappa shape index (κ1) is 29.2. The summed E-state index contributed by atoms with van der Waals surface area (Å²) in [5.41, 5.74) is 0.216. The number of benzene rings is 2. The van der Waals surface area contributed by atoms with Crippen LogP contribution >= 0.6 is 0 Å². The van der Waals surface area contributed by atoms with Gasteiger partial charge in [-0.2, -0.15) is 4.98 Å². The van der Waals surface area contributed by atoms with Crippen LogP contribution in [0.5, 0.6) is 0 Å². The third-order valence-electron chi connectivity index (χ3n) is 8.24. The second kappa shape index (κ2) is 11.3. The summed E-state index contributed by atoms with van der Waals surface area (Å²) in [6, 6.07) is 8.47. The van der Waals surface area contributed by atoms with Crippen molar-refractivity contribution in [3.8, 4) is 0 Å². The number of pyridine rings is 1. The molecule has 4 aromatic rings. The largest absolute Gasteiger partial charge is 0.369 e. The van der Waals surface area contributed by atoms with Crippen molar-refractivity contribution in [1.29, 1.82) is 0 Å². The minimum absolute atomic E-state index is 0.0186. The summed E-state index contributed by atoms with van der Waals surface area (Å²) in [5.74, 6) is -3.29. The minimum atomic E-state index is -1.04. The van der Waals surface area contributed by atoms with Crippen LogP contribution < -0.4 is 25.6 Å². The molecule has 0 bridgehead atoms. The first-order valence-electron chi connectivity index (χ1n) is 14.1. The summed E-state index contributed by atoms with van der Waals surface area (Å²) in [7, 11) is 3.53. The Morgan fingerprint density at radius 2 is 1.66 bits per heavy atom. The van der Waals surface area contributed by atoms with Gasteiger partial charge in [-0.3, -0.25) is 14.2 Å². The number of piperazine rings is 1. The number of carbonyl (C=O) groups excluding carboxylic acids is 1. The number of hydrogen-bond donors (Lipinski definition) is 1. The van der Waals surface area contributed by atoms with Crippen LogP contribution in [0.3, 0.4) is 0 Å². The van der Waals surface area contributed by atoms with E-state index in [1.807, 2.05) is 24.3 Å². The molecule has 228 valence electrons. The first-order valence-corrected chi connectivity index (χ1v) is 14.1. The smallest absolute Gasteiger partial charge is 0.278 e. The van der Waals surface area contributed by atoms with Gasteiger partial charge in [0.1, 0.15) is 17.2 Å². The predicted octanol–water partition coefficient (Wildman–Crippen LogP) is 4.22. The molecule has 0 aliphatic carbocycles. The van der Waals surface area contributed by atoms with Crippen molar-refractivity contribution in [2.24, 2.45) is 7.05 Å². The Bertz CT molecular complexity index is 1850. The number of likely N-dealkylation sites (N-methyl/N-ethyl adjacent to an activating group) is 1. The number of anilines is 6. The molecule has 2 aromatic heterocycles. The maximum Gasteiger partial charge on any atom is 0.278 e. The fraction of sp³-hybridized carbons (Fsp3) is 0.290. The number of nitrogens with zero attached hydrogens (tertiary/aromatic N) is 7. The van der Waals surface area contributed by atoms with Gasteiger partial charge in [0.25, 0.3) is 11.5 Å². The van der Waals surface area contributed by atoms with E-state index >= 15 is 8.78 Å². The normalized spacial score (nSPS) is 15.5. The highest BCUT2D eigenvalue weighted by molar-refractivity contribution is 6.05. The zero-order valence-electron chi connectivity index (χ0n) is 24.6. The van der Waals surface area contributed by atoms with Crippen molar-refractivity contribution in [2.75, 3.05) is 66.3 Å². The third kappa shape index (κ3) is 4.92. The van der Waals surface area contributed by atoms with E-state index in [0.717, 1.165) is 47.4 Å². The number of halogens is 3. The SMILES string of the molecule is C=CC(=O)N1CCN(c2c(F)c3cnc(Nc4ccc(N5CCN(C)CC5)cc4)nc3n(C)c2=O)c2c(F)cc(F)c(C)c21. The summed E-state index contributed by atoms with van der Waals surface area (Å²) in [6.07, 6.45) is 2.29. The van der Waals surface area contributed by atoms with E-state index in [2.05, 4.69) is 38.7 Å². The molecule has 1 saturated heterocycles. The Labute approximate surface area is 251 Å². The van der Waals surface area contributed by atoms with Gasteiger partial charge in [-0.15, -0.1) is 0 Å². The minimum Gasteiger partial charge on any atom is -0.369 e. The van der Waals surface area contributed by atoms with Gasteiger partial charge in [-0.1, -0.05) is 6.58 Å². The van der Waals surface area contributed by atoms with Crippen LogP contribution in [0.1, 0.15) is 5.56 Å². The summed E-state index contributed by atoms with van der Waals surface area (Å²) in [5, 5.41) is 3.04. The predicted molar refractivity (Wildman–Crippen MR) is 165 cm³/mol. The fourth-order valence-electron chi connectivity index (χ4n) is 5.76. The number of aryl methyl sites for hydroxylation is 1. The van der Waals surface area contributed by atoms with Crippen molar-refractivity contribution < 1.29 is 18.0 Å². The number of amides is 1. The molecule has 0 unspecified atom stereocenters. The second-order valence-corrected chi connectivity index (χ2v) is 10.9. The number of carbonyl (C=O) groups is 1. The average molecular weight is 605 g/mol. The van der Waals surface area contributed by atoms with Crippen LogP contribution in [0.4, 0.5) is 47.6 Å². The van der Waals surface area contributed by atoms with Crippen molar-refractivity contribution >= 4 is 51.3 Å². The molecule has 4 heterocycles. The van der Waals surface area contributed by atoms with E-state index < -0.39 is 34.6 Å². The molecule has 0 spiro atoms. The Hall–Kier alpha value is -4.91. The Morgan fingerprint density at radius 1 is 0.955 bits per heavy atom. The Balaban J connectivity index is 1.35. The van der Waals surface area contributed by atoms with Gasteiger partial charge in [0.05, 0.1) is 11.1 Å². The number of aromatic nitrogens is 3. The monoisotopic (exact) mass is 604 g/mol. The van der Waals surface area contributed by atoms with E-state index in [9.17, 15) is 14.0 Å². The van der Waals surface area contributed by atoms with E-state index in [1.54, 1.807) is 0 Å². The van der Waals surface area contributed by atoms with Crippen LogP contribution in [0, 0.1) is 24.4 Å². The lowest BCUT2D eigenvalue weighted by Gasteiger charge is -2.38. The van der Waals surface area contributed by atoms with Gasteiger partial charge in [0.2, 0.25) is 5.95 Å². The number of rotatable bonds is 5. The molecule has 1 amide bonds. The molecule has 6 rings (SSSR count). The summed E-state index contributed by atoms with van der Waals surface area (Å²) < 4.78 is 47.3. The van der Waals surface area contributed by atoms with E-state index in [1.165, 1.54) is 25.1 Å². The third-order valence-corrected chi connectivity index (χ3v) is 8.24. The summed E-state index contributed by atoms with van der Waals surface area (Å²) in [6.45, 7) is 8.53. The zero-order valence-corrected chi connectivity index (χ0v) is 24.6. The van der Waals surface area contributed by atoms with E-state index in [0.29, 0.717) is 11.8 Å². The second-order valence-electron chi connectivity index (χ2n) is 10.9. The molecule has 1 fully saturated rings. The van der Waals surface area contributed by atoms with Gasteiger partial charge in [-0.05, 0) is 44.3 Å². The fourth-order valence-corrected chi connectivity index (χ4v) is 5.76. The number of hydrogen-bond acceptors (Lipinski definition) is 8. The molecule has 13 heteroatoms. The number of fused-ring (bicyclic) bond motifs is 2. The van der Waals surface area contributed by atoms with Gasteiger partial charge in [0.15, 0.2) is 17.3 Å². The van der Waals surface area contributed by atoms with E-state index in [-0.39, 0.29) is 47.0 Å². The van der Waals surface area contributed by atoms with Crippen molar-refractivity contribution in [3.05, 3.63) is 82.6 Å². The molecular formula is C31H31F3N8O2. The summed E-state index contributed by atoms with van der Waals surface area (Å²) in [4.78, 5) is 41.8. The van der Waals surface area contributed by atoms with Gasteiger partial charge in [-0.25, -0.2) is 18.2 Å². The van der Waals surface area contributed by atoms with Gasteiger partial charge in [0, 0.05) is 75.5 Å². The standard InChI is InChI=1S/C31H31F3N8O2/c1-5-24(43)41-14-15-42(27-23(33)16-22(32)18(2)26(27)41)28-25(34)21-17-35-31(37-29(21)39(4)30(28)44)36-19-6-8-20(9-7-19)40-12-10-38(3)11-13-40/h5-9,16-17H,1,10-15H2,2-4H3,(H,35,36,37). The van der Waals surface area contributed by atoms with Crippen LogP contribution in [0.15, 0.2) is 54.0 Å².